The summed E-state index contributed by atoms with van der Waals surface area (Å²) in [5.41, 5.74) is 1.11. The molecule has 1 unspecified atom stereocenters. The maximum absolute atomic E-state index is 12.4. The highest BCUT2D eigenvalue weighted by molar-refractivity contribution is 7.87. The fourth-order valence-electron chi connectivity index (χ4n) is 3.06. The largest absolute Gasteiger partial charge is 0.279 e. The van der Waals surface area contributed by atoms with Crippen LogP contribution in [-0.4, -0.2) is 31.9 Å². The summed E-state index contributed by atoms with van der Waals surface area (Å²) in [6, 6.07) is 7.68. The maximum atomic E-state index is 12.4. The van der Waals surface area contributed by atoms with E-state index in [2.05, 4.69) is 11.6 Å². The summed E-state index contributed by atoms with van der Waals surface area (Å²) in [5, 5.41) is 0.700. The van der Waals surface area contributed by atoms with E-state index >= 15 is 0 Å². The number of piperidine rings is 1. The van der Waals surface area contributed by atoms with Crippen molar-refractivity contribution in [3.8, 4) is 0 Å². The second kappa shape index (κ2) is 5.88. The number of benzene rings is 1. The van der Waals surface area contributed by atoms with Crippen LogP contribution in [0, 0.1) is 5.92 Å². The molecule has 1 heterocycles. The van der Waals surface area contributed by atoms with Crippen LogP contribution in [0.15, 0.2) is 24.3 Å². The third-order valence-corrected chi connectivity index (χ3v) is 6.17. The molecule has 116 valence electrons. The van der Waals surface area contributed by atoms with Crippen LogP contribution in [0.3, 0.4) is 0 Å². The van der Waals surface area contributed by atoms with Gasteiger partial charge in [0.15, 0.2) is 0 Å². The van der Waals surface area contributed by atoms with Crippen LogP contribution in [-0.2, 0) is 10.2 Å². The number of nitrogens with one attached hydrogen (secondary N) is 1. The third-order valence-electron chi connectivity index (χ3n) is 4.33. The minimum atomic E-state index is -3.35. The number of hydrogen-bond acceptors (Lipinski definition) is 2. The summed E-state index contributed by atoms with van der Waals surface area (Å²) >= 11 is 5.99. The Hall–Kier alpha value is -0.620. The van der Waals surface area contributed by atoms with Crippen LogP contribution in [0.4, 0.5) is 0 Å². The Balaban J connectivity index is 1.62. The van der Waals surface area contributed by atoms with Crippen molar-refractivity contribution in [3.63, 3.8) is 0 Å². The van der Waals surface area contributed by atoms with Crippen molar-refractivity contribution < 1.29 is 8.42 Å². The smallest absolute Gasteiger partial charge is 0.198 e. The molecule has 1 aliphatic carbocycles. The van der Waals surface area contributed by atoms with Gasteiger partial charge in [0.2, 0.25) is 0 Å². The zero-order chi connectivity index (χ0) is 15.0. The average molecular weight is 329 g/mol. The molecular formula is C15H21ClN2O2S. The van der Waals surface area contributed by atoms with Crippen LogP contribution in [0.5, 0.6) is 0 Å². The lowest BCUT2D eigenvalue weighted by Crippen LogP contribution is -2.46. The summed E-state index contributed by atoms with van der Waals surface area (Å²) in [6.07, 6.45) is 2.91. The fraction of sp³-hybridized carbons (Fsp3) is 0.600. The Morgan fingerprint density at radius 1 is 1.38 bits per heavy atom. The predicted molar refractivity (Wildman–Crippen MR) is 84.6 cm³/mol. The molecule has 0 amide bonds. The summed E-state index contributed by atoms with van der Waals surface area (Å²) < 4.78 is 29.3. The van der Waals surface area contributed by atoms with Gasteiger partial charge in [-0.1, -0.05) is 30.7 Å². The summed E-state index contributed by atoms with van der Waals surface area (Å²) in [7, 11) is -3.35. The summed E-state index contributed by atoms with van der Waals surface area (Å²) in [5.74, 6) is 0.693. The zero-order valence-corrected chi connectivity index (χ0v) is 13.7. The first-order valence-corrected chi connectivity index (χ1v) is 9.30. The van der Waals surface area contributed by atoms with Gasteiger partial charge in [0, 0.05) is 30.1 Å². The molecule has 0 aromatic heterocycles. The molecule has 4 nitrogen and oxygen atoms in total. The number of hydrogen-bond donors (Lipinski definition) is 1. The van der Waals surface area contributed by atoms with Gasteiger partial charge in [-0.25, -0.2) is 0 Å². The van der Waals surface area contributed by atoms with Crippen LogP contribution >= 0.6 is 11.6 Å². The minimum Gasteiger partial charge on any atom is -0.198 e. The molecule has 1 aromatic carbocycles. The summed E-state index contributed by atoms with van der Waals surface area (Å²) in [6.45, 7) is 3.37. The number of nitrogens with zero attached hydrogens (tertiary/aromatic N) is 1. The minimum absolute atomic E-state index is 0.00528. The van der Waals surface area contributed by atoms with Crippen LogP contribution in [0.2, 0.25) is 5.02 Å². The molecule has 0 radical (unpaired) electrons. The van der Waals surface area contributed by atoms with Gasteiger partial charge in [-0.2, -0.15) is 17.4 Å². The van der Waals surface area contributed by atoms with Crippen molar-refractivity contribution in [1.29, 1.82) is 0 Å². The van der Waals surface area contributed by atoms with Crippen molar-refractivity contribution in [2.75, 3.05) is 13.1 Å². The number of rotatable bonds is 4. The molecule has 1 saturated carbocycles. The third kappa shape index (κ3) is 3.59. The highest BCUT2D eigenvalue weighted by atomic mass is 35.5. The van der Waals surface area contributed by atoms with E-state index in [1.54, 1.807) is 4.31 Å². The SMILES string of the molecule is CC1CCCN(S(=O)(=O)N[C@@H]2C[C@H]2c2cccc(Cl)c2)C1. The fourth-order valence-corrected chi connectivity index (χ4v) is 4.87. The topological polar surface area (TPSA) is 49.4 Å². The van der Waals surface area contributed by atoms with Gasteiger partial charge in [0.05, 0.1) is 0 Å². The first kappa shape index (κ1) is 15.3. The molecule has 1 N–H and O–H groups in total. The van der Waals surface area contributed by atoms with Crippen molar-refractivity contribution in [1.82, 2.24) is 9.03 Å². The predicted octanol–water partition coefficient (Wildman–Crippen LogP) is 2.76. The molecule has 21 heavy (non-hydrogen) atoms. The van der Waals surface area contributed by atoms with Gasteiger partial charge in [-0.15, -0.1) is 0 Å². The van der Waals surface area contributed by atoms with Gasteiger partial charge in [-0.3, -0.25) is 0 Å². The van der Waals surface area contributed by atoms with E-state index in [4.69, 9.17) is 11.6 Å². The Morgan fingerprint density at radius 2 is 2.19 bits per heavy atom. The van der Waals surface area contributed by atoms with Crippen molar-refractivity contribution in [3.05, 3.63) is 34.9 Å². The van der Waals surface area contributed by atoms with E-state index < -0.39 is 10.2 Å². The Labute approximate surface area is 131 Å². The van der Waals surface area contributed by atoms with Crippen LogP contribution in [0.25, 0.3) is 0 Å². The van der Waals surface area contributed by atoms with E-state index in [9.17, 15) is 8.42 Å². The molecule has 0 bridgehead atoms. The highest BCUT2D eigenvalue weighted by Gasteiger charge is 2.42. The van der Waals surface area contributed by atoms with E-state index in [0.717, 1.165) is 24.8 Å². The van der Waals surface area contributed by atoms with E-state index in [1.807, 2.05) is 24.3 Å². The second-order valence-electron chi connectivity index (χ2n) is 6.23. The Morgan fingerprint density at radius 3 is 2.90 bits per heavy atom. The van der Waals surface area contributed by atoms with Gasteiger partial charge in [0.25, 0.3) is 10.2 Å². The van der Waals surface area contributed by atoms with Gasteiger partial charge in [0.1, 0.15) is 0 Å². The standard InChI is InChI=1S/C15H21ClN2O2S/c1-11-4-3-7-18(10-11)21(19,20)17-15-9-14(15)12-5-2-6-13(16)8-12/h2,5-6,8,11,14-15,17H,3-4,7,9-10H2,1H3/t11?,14-,15+/m0/s1. The lowest BCUT2D eigenvalue weighted by atomic mass is 10.0. The quantitative estimate of drug-likeness (QED) is 0.924. The van der Waals surface area contributed by atoms with E-state index in [-0.39, 0.29) is 12.0 Å². The normalized spacial score (nSPS) is 30.3. The van der Waals surface area contributed by atoms with Crippen LogP contribution < -0.4 is 4.72 Å². The molecule has 1 saturated heterocycles. The molecule has 1 aromatic rings. The highest BCUT2D eigenvalue weighted by Crippen LogP contribution is 2.42. The van der Waals surface area contributed by atoms with Crippen molar-refractivity contribution >= 4 is 21.8 Å². The van der Waals surface area contributed by atoms with Gasteiger partial charge >= 0.3 is 0 Å². The summed E-state index contributed by atoms with van der Waals surface area (Å²) in [4.78, 5) is 0. The molecule has 2 fully saturated rings. The second-order valence-corrected chi connectivity index (χ2v) is 8.37. The molecule has 3 rings (SSSR count). The van der Waals surface area contributed by atoms with Crippen molar-refractivity contribution in [2.45, 2.75) is 38.1 Å². The van der Waals surface area contributed by atoms with Crippen LogP contribution in [0.1, 0.15) is 37.7 Å². The zero-order valence-electron chi connectivity index (χ0n) is 12.1. The average Bonchev–Trinajstić information content (AvgIpc) is 3.17. The first-order valence-electron chi connectivity index (χ1n) is 7.48. The molecular weight excluding hydrogens is 308 g/mol. The van der Waals surface area contributed by atoms with E-state index in [0.29, 0.717) is 24.0 Å². The lowest BCUT2D eigenvalue weighted by Gasteiger charge is -2.30. The van der Waals surface area contributed by atoms with Gasteiger partial charge < -0.3 is 0 Å². The molecule has 1 aliphatic heterocycles. The number of halogens is 1. The Kier molecular flexibility index (Phi) is 4.28. The molecule has 2 aliphatic rings. The molecule has 3 atom stereocenters. The monoisotopic (exact) mass is 328 g/mol. The van der Waals surface area contributed by atoms with Gasteiger partial charge in [-0.05, 0) is 42.9 Å². The molecule has 0 spiro atoms. The van der Waals surface area contributed by atoms with E-state index in [1.165, 1.54) is 0 Å². The lowest BCUT2D eigenvalue weighted by molar-refractivity contribution is 0.278. The van der Waals surface area contributed by atoms with Crippen molar-refractivity contribution in [2.24, 2.45) is 5.92 Å². The molecule has 6 heteroatoms. The first-order chi connectivity index (χ1) is 9.95. The maximum Gasteiger partial charge on any atom is 0.279 e. The Bertz CT molecular complexity index is 620.